The molecule has 4 nitrogen and oxygen atoms in total. The molecule has 1 aromatic rings. The predicted octanol–water partition coefficient (Wildman–Crippen LogP) is 4.11. The number of hydrogen-bond donors (Lipinski definition) is 0. The largest absolute Gasteiger partial charge is 0.454 e. The number of carbonyl (C=O) groups excluding carboxylic acids is 1. The molecular formula is C20H24BrNO3. The van der Waals surface area contributed by atoms with Crippen LogP contribution in [0.25, 0.3) is 0 Å². The number of hydrogen-bond acceptors (Lipinski definition) is 3. The molecule has 1 aliphatic heterocycles. The van der Waals surface area contributed by atoms with Gasteiger partial charge in [-0.2, -0.15) is 0 Å². The van der Waals surface area contributed by atoms with Gasteiger partial charge >= 0.3 is 0 Å². The van der Waals surface area contributed by atoms with Gasteiger partial charge in [-0.15, -0.1) is 0 Å². The van der Waals surface area contributed by atoms with Gasteiger partial charge < -0.3 is 14.4 Å². The molecule has 25 heavy (non-hydrogen) atoms. The van der Waals surface area contributed by atoms with Crippen LogP contribution in [0, 0.1) is 17.3 Å². The minimum atomic E-state index is -0.140. The Morgan fingerprint density at radius 2 is 1.92 bits per heavy atom. The first-order chi connectivity index (χ1) is 11.9. The van der Waals surface area contributed by atoms with E-state index >= 15 is 0 Å². The van der Waals surface area contributed by atoms with Gasteiger partial charge in [0.05, 0.1) is 5.41 Å². The molecule has 0 N–H and O–H groups in total. The number of fused-ring (bicyclic) bond motifs is 1. The number of halogens is 1. The van der Waals surface area contributed by atoms with Crippen LogP contribution in [0.3, 0.4) is 0 Å². The molecule has 1 aromatic carbocycles. The second-order valence-electron chi connectivity index (χ2n) is 8.74. The Hall–Kier alpha value is -1.23. The second-order valence-corrected chi connectivity index (χ2v) is 10.4. The van der Waals surface area contributed by atoms with Crippen LogP contribution >= 0.6 is 15.9 Å². The molecule has 0 radical (unpaired) electrons. The van der Waals surface area contributed by atoms with E-state index < -0.39 is 0 Å². The van der Waals surface area contributed by atoms with Gasteiger partial charge in [0.15, 0.2) is 11.5 Å². The number of carbonyl (C=O) groups is 1. The van der Waals surface area contributed by atoms with Crippen LogP contribution in [-0.4, -0.2) is 29.0 Å². The number of benzene rings is 1. The Balaban J connectivity index is 1.35. The maximum Gasteiger partial charge on any atom is 0.231 e. The maximum atomic E-state index is 13.4. The number of alkyl halides is 1. The summed E-state index contributed by atoms with van der Waals surface area (Å²) in [6.45, 7) is 0.911. The van der Waals surface area contributed by atoms with Gasteiger partial charge in [-0.25, -0.2) is 0 Å². The van der Waals surface area contributed by atoms with Crippen LogP contribution in [0.5, 0.6) is 11.5 Å². The minimum absolute atomic E-state index is 0.140. The molecule has 0 aromatic heterocycles. The molecule has 5 heteroatoms. The molecular weight excluding hydrogens is 382 g/mol. The first-order valence-corrected chi connectivity index (χ1v) is 10.1. The van der Waals surface area contributed by atoms with Crippen molar-refractivity contribution in [3.05, 3.63) is 23.8 Å². The predicted molar refractivity (Wildman–Crippen MR) is 97.8 cm³/mol. The summed E-state index contributed by atoms with van der Waals surface area (Å²) in [5.74, 6) is 3.36. The Labute approximate surface area is 157 Å². The zero-order valence-corrected chi connectivity index (χ0v) is 16.2. The summed E-state index contributed by atoms with van der Waals surface area (Å²) in [6.07, 6.45) is 7.02. The van der Waals surface area contributed by atoms with Crippen molar-refractivity contribution >= 4 is 21.8 Å². The fourth-order valence-electron chi connectivity index (χ4n) is 6.19. The molecule has 1 amide bonds. The lowest BCUT2D eigenvalue weighted by molar-refractivity contribution is -0.154. The zero-order chi connectivity index (χ0) is 17.2. The van der Waals surface area contributed by atoms with E-state index in [9.17, 15) is 4.79 Å². The fraction of sp³-hybridized carbons (Fsp3) is 0.650. The average Bonchev–Trinajstić information content (AvgIpc) is 2.99. The van der Waals surface area contributed by atoms with Crippen molar-refractivity contribution in [2.45, 2.75) is 49.4 Å². The molecule has 4 saturated carbocycles. The van der Waals surface area contributed by atoms with Crippen molar-refractivity contribution in [1.82, 2.24) is 4.90 Å². The molecule has 4 aliphatic carbocycles. The summed E-state index contributed by atoms with van der Waals surface area (Å²) in [5.41, 5.74) is 0.956. The number of rotatable bonds is 3. The monoisotopic (exact) mass is 405 g/mol. The van der Waals surface area contributed by atoms with Crippen LogP contribution < -0.4 is 9.47 Å². The molecule has 1 heterocycles. The summed E-state index contributed by atoms with van der Waals surface area (Å²) in [6, 6.07) is 5.97. The van der Waals surface area contributed by atoms with E-state index in [0.29, 0.717) is 12.5 Å². The fourth-order valence-corrected chi connectivity index (χ4v) is 7.64. The van der Waals surface area contributed by atoms with Gasteiger partial charge in [-0.3, -0.25) is 4.79 Å². The summed E-state index contributed by atoms with van der Waals surface area (Å²) in [5, 5.41) is 0. The van der Waals surface area contributed by atoms with Gasteiger partial charge in [-0.1, -0.05) is 22.0 Å². The van der Waals surface area contributed by atoms with Crippen molar-refractivity contribution in [3.8, 4) is 11.5 Å². The van der Waals surface area contributed by atoms with Gasteiger partial charge in [0.1, 0.15) is 0 Å². The molecule has 5 aliphatic rings. The van der Waals surface area contributed by atoms with Crippen molar-refractivity contribution in [2.24, 2.45) is 17.3 Å². The lowest BCUT2D eigenvalue weighted by Crippen LogP contribution is -2.58. The zero-order valence-electron chi connectivity index (χ0n) is 14.6. The SMILES string of the molecule is CN(Cc1ccc2c(c1)OCO2)C(=O)C12CC3CC(CC(Br)(C3)C1)C2. The average molecular weight is 406 g/mol. The highest BCUT2D eigenvalue weighted by Crippen LogP contribution is 2.64. The Morgan fingerprint density at radius 3 is 2.64 bits per heavy atom. The van der Waals surface area contributed by atoms with Crippen LogP contribution in [0.4, 0.5) is 0 Å². The first kappa shape index (κ1) is 16.0. The maximum absolute atomic E-state index is 13.4. The Kier molecular flexibility index (Phi) is 3.44. The normalized spacial score (nSPS) is 37.4. The summed E-state index contributed by atoms with van der Waals surface area (Å²) < 4.78 is 11.1. The van der Waals surface area contributed by atoms with E-state index in [4.69, 9.17) is 9.47 Å². The number of amides is 1. The highest BCUT2D eigenvalue weighted by molar-refractivity contribution is 9.10. The van der Waals surface area contributed by atoms with Crippen LogP contribution in [-0.2, 0) is 11.3 Å². The topological polar surface area (TPSA) is 38.8 Å². The summed E-state index contributed by atoms with van der Waals surface area (Å²) >= 11 is 4.01. The lowest BCUT2D eigenvalue weighted by Gasteiger charge is -2.60. The minimum Gasteiger partial charge on any atom is -0.454 e. The van der Waals surface area contributed by atoms with Gasteiger partial charge in [0.25, 0.3) is 0 Å². The Morgan fingerprint density at radius 1 is 1.20 bits per heavy atom. The van der Waals surface area contributed by atoms with E-state index in [-0.39, 0.29) is 16.5 Å². The third kappa shape index (κ3) is 2.57. The smallest absolute Gasteiger partial charge is 0.231 e. The third-order valence-electron chi connectivity index (χ3n) is 6.65. The summed E-state index contributed by atoms with van der Waals surface area (Å²) in [7, 11) is 1.95. The highest BCUT2D eigenvalue weighted by Gasteiger charge is 2.60. The van der Waals surface area contributed by atoms with Crippen LogP contribution in [0.15, 0.2) is 18.2 Å². The first-order valence-electron chi connectivity index (χ1n) is 9.28. The number of ether oxygens (including phenoxy) is 2. The Bertz CT molecular complexity index is 720. The molecule has 0 spiro atoms. The van der Waals surface area contributed by atoms with E-state index in [1.807, 2.05) is 30.1 Å². The van der Waals surface area contributed by atoms with Crippen molar-refractivity contribution in [3.63, 3.8) is 0 Å². The number of nitrogens with zero attached hydrogens (tertiary/aromatic N) is 1. The standard InChI is InChI=1S/C20H24BrNO3/c1-22(10-13-2-3-16-17(5-13)25-12-24-16)18(23)19-6-14-4-15(7-19)9-20(21,8-14)11-19/h2-3,5,14-15H,4,6-12H2,1H3. The van der Waals surface area contributed by atoms with Crippen molar-refractivity contribution in [1.29, 1.82) is 0 Å². The quantitative estimate of drug-likeness (QED) is 0.710. The van der Waals surface area contributed by atoms with Crippen molar-refractivity contribution < 1.29 is 14.3 Å². The molecule has 2 atom stereocenters. The summed E-state index contributed by atoms with van der Waals surface area (Å²) in [4.78, 5) is 15.4. The van der Waals surface area contributed by atoms with Gasteiger partial charge in [0.2, 0.25) is 12.7 Å². The van der Waals surface area contributed by atoms with Crippen LogP contribution in [0.1, 0.15) is 44.1 Å². The molecule has 2 unspecified atom stereocenters. The molecule has 134 valence electrons. The molecule has 4 bridgehead atoms. The molecule has 4 fully saturated rings. The van der Waals surface area contributed by atoms with Crippen LogP contribution in [0.2, 0.25) is 0 Å². The molecule has 0 saturated heterocycles. The second kappa shape index (κ2) is 5.38. The molecule has 6 rings (SSSR count). The lowest BCUT2D eigenvalue weighted by atomic mass is 9.49. The highest BCUT2D eigenvalue weighted by atomic mass is 79.9. The van der Waals surface area contributed by atoms with Gasteiger partial charge in [0, 0.05) is 17.9 Å². The van der Waals surface area contributed by atoms with E-state index in [0.717, 1.165) is 48.2 Å². The van der Waals surface area contributed by atoms with E-state index in [1.165, 1.54) is 19.3 Å². The van der Waals surface area contributed by atoms with E-state index in [2.05, 4.69) is 15.9 Å². The van der Waals surface area contributed by atoms with Gasteiger partial charge in [-0.05, 0) is 68.1 Å². The van der Waals surface area contributed by atoms with Crippen molar-refractivity contribution in [2.75, 3.05) is 13.8 Å². The third-order valence-corrected chi connectivity index (χ3v) is 7.57. The van der Waals surface area contributed by atoms with E-state index in [1.54, 1.807) is 0 Å².